The number of nitrogens with zero attached hydrogens (tertiary/aromatic N) is 2. The zero-order chi connectivity index (χ0) is 27.8. The van der Waals surface area contributed by atoms with E-state index in [1.54, 1.807) is 49.1 Å². The Morgan fingerprint density at radius 2 is 1.87 bits per heavy atom. The van der Waals surface area contributed by atoms with Crippen LogP contribution < -0.4 is 5.32 Å². The number of benzene rings is 2. The van der Waals surface area contributed by atoms with Gasteiger partial charge in [0.15, 0.2) is 0 Å². The summed E-state index contributed by atoms with van der Waals surface area (Å²) in [5.74, 6) is -1.73. The molecular weight excluding hydrogens is 501 g/mol. The zero-order valence-electron chi connectivity index (χ0n) is 22.6. The van der Waals surface area contributed by atoms with E-state index < -0.39 is 11.9 Å². The third-order valence-electron chi connectivity index (χ3n) is 7.16. The van der Waals surface area contributed by atoms with E-state index in [1.807, 2.05) is 6.07 Å². The Balaban J connectivity index is 1.46. The van der Waals surface area contributed by atoms with Crippen molar-refractivity contribution in [3.8, 4) is 0 Å². The number of nitrogens with one attached hydrogen (secondary N) is 1. The number of carbonyl (C=O) groups is 3. The van der Waals surface area contributed by atoms with Gasteiger partial charge in [0.2, 0.25) is 5.91 Å². The molecule has 0 bridgehead atoms. The van der Waals surface area contributed by atoms with Gasteiger partial charge in [-0.25, -0.2) is 9.18 Å². The fourth-order valence-electron chi connectivity index (χ4n) is 5.08. The fourth-order valence-corrected chi connectivity index (χ4v) is 5.08. The highest BCUT2D eigenvalue weighted by molar-refractivity contribution is 5.96. The van der Waals surface area contributed by atoms with Crippen molar-refractivity contribution in [2.45, 2.75) is 39.2 Å². The predicted molar refractivity (Wildman–Crippen MR) is 144 cm³/mol. The molecule has 2 aromatic carbocycles. The molecule has 0 spiro atoms. The molecule has 2 amide bonds. The monoisotopic (exact) mass is 537 g/mol. The zero-order valence-corrected chi connectivity index (χ0v) is 22.6. The maximum absolute atomic E-state index is 13.5. The number of esters is 1. The van der Waals surface area contributed by atoms with Gasteiger partial charge in [-0.2, -0.15) is 0 Å². The molecule has 1 N–H and O–H groups in total. The maximum Gasteiger partial charge on any atom is 0.336 e. The van der Waals surface area contributed by atoms with E-state index >= 15 is 0 Å². The van der Waals surface area contributed by atoms with Gasteiger partial charge < -0.3 is 19.7 Å². The number of rotatable bonds is 10. The lowest BCUT2D eigenvalue weighted by Crippen LogP contribution is -2.38. The Hall–Kier alpha value is -3.56. The van der Waals surface area contributed by atoms with Gasteiger partial charge >= 0.3 is 5.97 Å². The summed E-state index contributed by atoms with van der Waals surface area (Å²) >= 11 is 0. The molecule has 208 valence electrons. The molecule has 9 heteroatoms. The molecule has 2 aliphatic heterocycles. The lowest BCUT2D eigenvalue weighted by molar-refractivity contribution is -0.140. The molecular formula is C30H36FN3O5. The van der Waals surface area contributed by atoms with Crippen LogP contribution in [0.15, 0.2) is 59.8 Å². The second-order valence-corrected chi connectivity index (χ2v) is 9.77. The highest BCUT2D eigenvalue weighted by atomic mass is 19.1. The van der Waals surface area contributed by atoms with Gasteiger partial charge in [0.1, 0.15) is 5.82 Å². The molecule has 1 saturated heterocycles. The van der Waals surface area contributed by atoms with Crippen LogP contribution in [-0.2, 0) is 25.6 Å². The number of halogens is 1. The number of carbonyl (C=O) groups excluding carboxylic acids is 3. The number of ether oxygens (including phenoxy) is 2. The van der Waals surface area contributed by atoms with Crippen LogP contribution in [0.5, 0.6) is 0 Å². The smallest absolute Gasteiger partial charge is 0.336 e. The summed E-state index contributed by atoms with van der Waals surface area (Å²) in [5, 5.41) is 2.98. The molecule has 0 saturated carbocycles. The van der Waals surface area contributed by atoms with Crippen LogP contribution in [0.4, 0.5) is 4.39 Å². The normalized spacial score (nSPS) is 18.3. The van der Waals surface area contributed by atoms with Crippen LogP contribution in [-0.4, -0.2) is 73.6 Å². The number of hydrogen-bond donors (Lipinski definition) is 1. The Bertz CT molecular complexity index is 1210. The number of amides is 2. The van der Waals surface area contributed by atoms with Crippen LogP contribution in [0, 0.1) is 5.82 Å². The lowest BCUT2D eigenvalue weighted by Gasteiger charge is -2.34. The Morgan fingerprint density at radius 1 is 1.13 bits per heavy atom. The SMILES string of the molecule is CCOC(=O)C1=C(C)N(Cc2cccc(C(=O)NCCCN3CCOCC3)c2)C(=O)CC1c1ccc(F)cc1. The third-order valence-corrected chi connectivity index (χ3v) is 7.16. The van der Waals surface area contributed by atoms with E-state index in [0.717, 1.165) is 44.8 Å². The van der Waals surface area contributed by atoms with Gasteiger partial charge in [-0.05, 0) is 62.2 Å². The third kappa shape index (κ3) is 7.30. The lowest BCUT2D eigenvalue weighted by atomic mass is 9.83. The van der Waals surface area contributed by atoms with Gasteiger partial charge in [0, 0.05) is 43.2 Å². The van der Waals surface area contributed by atoms with Crippen LogP contribution in [0.1, 0.15) is 54.1 Å². The number of hydrogen-bond acceptors (Lipinski definition) is 6. The maximum atomic E-state index is 13.5. The summed E-state index contributed by atoms with van der Waals surface area (Å²) in [6.07, 6.45) is 0.907. The minimum Gasteiger partial charge on any atom is -0.463 e. The fraction of sp³-hybridized carbons (Fsp3) is 0.433. The second kappa shape index (κ2) is 13.5. The highest BCUT2D eigenvalue weighted by Crippen LogP contribution is 2.37. The Kier molecular flexibility index (Phi) is 9.84. The standard InChI is InChI=1S/C30H36FN3O5/c1-3-39-30(37)28-21(2)34(27(35)19-26(28)23-8-10-25(31)11-9-23)20-22-6-4-7-24(18-22)29(36)32-12-5-13-33-14-16-38-17-15-33/h4,6-11,18,26H,3,5,12-17,19-20H2,1-2H3,(H,32,36). The summed E-state index contributed by atoms with van der Waals surface area (Å²) in [7, 11) is 0. The first-order valence-corrected chi connectivity index (χ1v) is 13.5. The van der Waals surface area contributed by atoms with Gasteiger partial charge in [-0.1, -0.05) is 24.3 Å². The summed E-state index contributed by atoms with van der Waals surface area (Å²) < 4.78 is 24.2. The first-order chi connectivity index (χ1) is 18.9. The summed E-state index contributed by atoms with van der Waals surface area (Å²) in [6.45, 7) is 8.68. The van der Waals surface area contributed by atoms with Crippen LogP contribution in [0.3, 0.4) is 0 Å². The highest BCUT2D eigenvalue weighted by Gasteiger charge is 2.37. The van der Waals surface area contributed by atoms with E-state index in [1.165, 1.54) is 12.1 Å². The molecule has 2 heterocycles. The summed E-state index contributed by atoms with van der Waals surface area (Å²) in [6, 6.07) is 13.0. The molecule has 4 rings (SSSR count). The molecule has 0 radical (unpaired) electrons. The van der Waals surface area contributed by atoms with E-state index in [2.05, 4.69) is 10.2 Å². The van der Waals surface area contributed by atoms with Gasteiger partial charge in [0.05, 0.1) is 31.9 Å². The van der Waals surface area contributed by atoms with Gasteiger partial charge in [-0.3, -0.25) is 14.5 Å². The van der Waals surface area contributed by atoms with Gasteiger partial charge in [0.25, 0.3) is 5.91 Å². The van der Waals surface area contributed by atoms with Crippen molar-refractivity contribution < 1.29 is 28.2 Å². The molecule has 1 unspecified atom stereocenters. The topological polar surface area (TPSA) is 88.2 Å². The molecule has 2 aliphatic rings. The average molecular weight is 538 g/mol. The largest absolute Gasteiger partial charge is 0.463 e. The van der Waals surface area contributed by atoms with Crippen molar-refractivity contribution >= 4 is 17.8 Å². The van der Waals surface area contributed by atoms with Crippen molar-refractivity contribution in [3.63, 3.8) is 0 Å². The molecule has 0 aromatic heterocycles. The minimum atomic E-state index is -0.525. The average Bonchev–Trinajstić information content (AvgIpc) is 2.94. The van der Waals surface area contributed by atoms with Crippen LogP contribution >= 0.6 is 0 Å². The first kappa shape index (κ1) is 28.4. The van der Waals surface area contributed by atoms with Crippen molar-refractivity contribution in [3.05, 3.63) is 82.3 Å². The molecule has 8 nitrogen and oxygen atoms in total. The van der Waals surface area contributed by atoms with E-state index in [4.69, 9.17) is 9.47 Å². The Morgan fingerprint density at radius 3 is 2.59 bits per heavy atom. The summed E-state index contributed by atoms with van der Waals surface area (Å²) in [4.78, 5) is 42.9. The van der Waals surface area contributed by atoms with Crippen LogP contribution in [0.25, 0.3) is 0 Å². The molecule has 2 aromatic rings. The minimum absolute atomic E-state index is 0.0560. The van der Waals surface area contributed by atoms with Gasteiger partial charge in [-0.15, -0.1) is 0 Å². The van der Waals surface area contributed by atoms with E-state index in [9.17, 15) is 18.8 Å². The molecule has 39 heavy (non-hydrogen) atoms. The molecule has 0 aliphatic carbocycles. The predicted octanol–water partition coefficient (Wildman–Crippen LogP) is 3.63. The molecule has 1 fully saturated rings. The van der Waals surface area contributed by atoms with Crippen LogP contribution in [0.2, 0.25) is 0 Å². The molecule has 1 atom stereocenters. The van der Waals surface area contributed by atoms with Crippen molar-refractivity contribution in [2.75, 3.05) is 46.0 Å². The van der Waals surface area contributed by atoms with Crippen molar-refractivity contribution in [2.24, 2.45) is 0 Å². The van der Waals surface area contributed by atoms with Crippen molar-refractivity contribution in [1.82, 2.24) is 15.1 Å². The number of allylic oxidation sites excluding steroid dienone is 1. The van der Waals surface area contributed by atoms with E-state index in [-0.39, 0.29) is 37.2 Å². The number of morpholine rings is 1. The van der Waals surface area contributed by atoms with Crippen molar-refractivity contribution in [1.29, 1.82) is 0 Å². The van der Waals surface area contributed by atoms with E-state index in [0.29, 0.717) is 28.9 Å². The second-order valence-electron chi connectivity index (χ2n) is 9.77. The quantitative estimate of drug-likeness (QED) is 0.368. The Labute approximate surface area is 228 Å². The first-order valence-electron chi connectivity index (χ1n) is 13.5. The summed E-state index contributed by atoms with van der Waals surface area (Å²) in [5.41, 5.74) is 2.85.